The smallest absolute Gasteiger partial charge is 0.186 e. The molecular formula is C14H23N3S. The van der Waals surface area contributed by atoms with Gasteiger partial charge in [-0.25, -0.2) is 4.98 Å². The molecule has 1 aromatic rings. The summed E-state index contributed by atoms with van der Waals surface area (Å²) in [4.78, 5) is 8.73. The summed E-state index contributed by atoms with van der Waals surface area (Å²) in [7, 11) is 0. The fourth-order valence-electron chi connectivity index (χ4n) is 2.42. The highest BCUT2D eigenvalue weighted by molar-refractivity contribution is 7.15. The number of anilines is 1. The molecule has 0 saturated heterocycles. The largest absolute Gasteiger partial charge is 0.345 e. The van der Waals surface area contributed by atoms with Gasteiger partial charge in [0.05, 0.1) is 5.69 Å². The number of nitrogens with two attached hydrogens (primary N) is 1. The van der Waals surface area contributed by atoms with Crippen LogP contribution in [0.25, 0.3) is 0 Å². The average molecular weight is 265 g/mol. The molecule has 1 heterocycles. The van der Waals surface area contributed by atoms with Gasteiger partial charge >= 0.3 is 0 Å². The maximum Gasteiger partial charge on any atom is 0.186 e. The summed E-state index contributed by atoms with van der Waals surface area (Å²) in [5.74, 6) is 1.41. The lowest BCUT2D eigenvalue weighted by Crippen LogP contribution is -2.27. The van der Waals surface area contributed by atoms with Crippen molar-refractivity contribution in [3.63, 3.8) is 0 Å². The monoisotopic (exact) mass is 265 g/mol. The molecule has 2 fully saturated rings. The molecule has 2 saturated carbocycles. The van der Waals surface area contributed by atoms with Gasteiger partial charge in [-0.05, 0) is 37.5 Å². The first kappa shape index (κ1) is 12.4. The fourth-order valence-corrected chi connectivity index (χ4v) is 3.59. The van der Waals surface area contributed by atoms with Crippen molar-refractivity contribution in [2.45, 2.75) is 58.0 Å². The third-order valence-corrected chi connectivity index (χ3v) is 4.96. The minimum Gasteiger partial charge on any atom is -0.345 e. The van der Waals surface area contributed by atoms with Crippen molar-refractivity contribution in [1.82, 2.24) is 4.98 Å². The van der Waals surface area contributed by atoms with Crippen molar-refractivity contribution >= 4 is 16.5 Å². The van der Waals surface area contributed by atoms with Crippen molar-refractivity contribution in [3.8, 4) is 0 Å². The lowest BCUT2D eigenvalue weighted by atomic mass is 10.1. The van der Waals surface area contributed by atoms with Gasteiger partial charge < -0.3 is 10.6 Å². The molecule has 0 aliphatic heterocycles. The van der Waals surface area contributed by atoms with E-state index in [-0.39, 0.29) is 0 Å². The molecule has 18 heavy (non-hydrogen) atoms. The SMILES string of the molecule is CC(C)c1nc(N(CC2CC2)C2CC2)sc1CN. The third-order valence-electron chi connectivity index (χ3n) is 3.83. The number of hydrogen-bond acceptors (Lipinski definition) is 4. The minimum atomic E-state index is 0.482. The Kier molecular flexibility index (Phi) is 3.32. The summed E-state index contributed by atoms with van der Waals surface area (Å²) >= 11 is 1.82. The van der Waals surface area contributed by atoms with Gasteiger partial charge in [-0.15, -0.1) is 11.3 Å². The van der Waals surface area contributed by atoms with Crippen LogP contribution in [-0.2, 0) is 6.54 Å². The van der Waals surface area contributed by atoms with Crippen molar-refractivity contribution in [2.24, 2.45) is 11.7 Å². The summed E-state index contributed by atoms with van der Waals surface area (Å²) in [5, 5.41) is 1.23. The van der Waals surface area contributed by atoms with Crippen LogP contribution in [0.2, 0.25) is 0 Å². The van der Waals surface area contributed by atoms with Crippen LogP contribution in [0, 0.1) is 5.92 Å². The zero-order valence-corrected chi connectivity index (χ0v) is 12.2. The molecule has 0 atom stereocenters. The molecule has 2 N–H and O–H groups in total. The number of nitrogens with zero attached hydrogens (tertiary/aromatic N) is 2. The van der Waals surface area contributed by atoms with Crippen molar-refractivity contribution in [3.05, 3.63) is 10.6 Å². The Bertz CT molecular complexity index is 419. The molecule has 0 amide bonds. The Hall–Kier alpha value is -0.610. The number of aromatic nitrogens is 1. The molecule has 2 aliphatic rings. The van der Waals surface area contributed by atoms with Gasteiger partial charge in [0.15, 0.2) is 5.13 Å². The topological polar surface area (TPSA) is 42.2 Å². The molecule has 3 rings (SSSR count). The van der Waals surface area contributed by atoms with Crippen LogP contribution in [0.15, 0.2) is 0 Å². The van der Waals surface area contributed by atoms with Gasteiger partial charge in [0, 0.05) is 24.0 Å². The molecule has 0 bridgehead atoms. The third kappa shape index (κ3) is 2.54. The maximum absolute atomic E-state index is 5.86. The molecule has 3 nitrogen and oxygen atoms in total. The predicted octanol–water partition coefficient (Wildman–Crippen LogP) is 3.10. The lowest BCUT2D eigenvalue weighted by molar-refractivity contribution is 0.711. The van der Waals surface area contributed by atoms with Gasteiger partial charge in [0.25, 0.3) is 0 Å². The summed E-state index contributed by atoms with van der Waals surface area (Å²) in [6, 6.07) is 0.766. The van der Waals surface area contributed by atoms with Crippen LogP contribution < -0.4 is 10.6 Å². The summed E-state index contributed by atoms with van der Waals surface area (Å²) in [6.07, 6.45) is 5.52. The van der Waals surface area contributed by atoms with Crippen LogP contribution in [-0.4, -0.2) is 17.6 Å². The molecule has 0 spiro atoms. The number of thiazole rings is 1. The normalized spacial score (nSPS) is 19.6. The first-order chi connectivity index (χ1) is 8.69. The first-order valence-electron chi connectivity index (χ1n) is 7.15. The van der Waals surface area contributed by atoms with Gasteiger partial charge in [-0.3, -0.25) is 0 Å². The van der Waals surface area contributed by atoms with Gasteiger partial charge in [0.2, 0.25) is 0 Å². The van der Waals surface area contributed by atoms with E-state index < -0.39 is 0 Å². The standard InChI is InChI=1S/C14H23N3S/c1-9(2)13-12(7-15)18-14(16-13)17(11-5-6-11)8-10-3-4-10/h9-11H,3-8,15H2,1-2H3. The first-order valence-corrected chi connectivity index (χ1v) is 7.97. The Morgan fingerprint density at radius 3 is 2.50 bits per heavy atom. The zero-order valence-electron chi connectivity index (χ0n) is 11.4. The summed E-state index contributed by atoms with van der Waals surface area (Å²) in [6.45, 7) is 6.27. The van der Waals surface area contributed by atoms with E-state index in [0.717, 1.165) is 12.0 Å². The van der Waals surface area contributed by atoms with Crippen molar-refractivity contribution < 1.29 is 0 Å². The molecule has 0 radical (unpaired) electrons. The maximum atomic E-state index is 5.86. The molecular weight excluding hydrogens is 242 g/mol. The molecule has 0 aromatic carbocycles. The Morgan fingerprint density at radius 1 is 1.33 bits per heavy atom. The van der Waals surface area contributed by atoms with Gasteiger partial charge in [0.1, 0.15) is 0 Å². The van der Waals surface area contributed by atoms with E-state index in [2.05, 4.69) is 18.7 Å². The molecule has 100 valence electrons. The fraction of sp³-hybridized carbons (Fsp3) is 0.786. The highest BCUT2D eigenvalue weighted by atomic mass is 32.1. The van der Waals surface area contributed by atoms with Gasteiger partial charge in [-0.1, -0.05) is 13.8 Å². The van der Waals surface area contributed by atoms with Crippen LogP contribution in [0.4, 0.5) is 5.13 Å². The van der Waals surface area contributed by atoms with Crippen LogP contribution in [0.1, 0.15) is 56.0 Å². The number of hydrogen-bond donors (Lipinski definition) is 1. The van der Waals surface area contributed by atoms with Crippen LogP contribution >= 0.6 is 11.3 Å². The Morgan fingerprint density at radius 2 is 2.06 bits per heavy atom. The van der Waals surface area contributed by atoms with Gasteiger partial charge in [-0.2, -0.15) is 0 Å². The van der Waals surface area contributed by atoms with E-state index in [0.29, 0.717) is 12.5 Å². The highest BCUT2D eigenvalue weighted by Gasteiger charge is 2.35. The average Bonchev–Trinajstić information content (AvgIpc) is 3.23. The van der Waals surface area contributed by atoms with Crippen LogP contribution in [0.5, 0.6) is 0 Å². The molecule has 0 unspecified atom stereocenters. The van der Waals surface area contributed by atoms with Crippen molar-refractivity contribution in [1.29, 1.82) is 0 Å². The van der Waals surface area contributed by atoms with E-state index >= 15 is 0 Å². The van der Waals surface area contributed by atoms with E-state index in [1.807, 2.05) is 11.3 Å². The highest BCUT2D eigenvalue weighted by Crippen LogP contribution is 2.40. The second kappa shape index (κ2) is 4.82. The summed E-state index contributed by atoms with van der Waals surface area (Å²) < 4.78 is 0. The second-order valence-electron chi connectivity index (χ2n) is 5.99. The Labute approximate surface area is 113 Å². The quantitative estimate of drug-likeness (QED) is 0.859. The lowest BCUT2D eigenvalue weighted by Gasteiger charge is -2.21. The van der Waals surface area contributed by atoms with Crippen LogP contribution in [0.3, 0.4) is 0 Å². The number of rotatable bonds is 6. The zero-order chi connectivity index (χ0) is 12.7. The second-order valence-corrected chi connectivity index (χ2v) is 7.05. The minimum absolute atomic E-state index is 0.482. The molecule has 2 aliphatic carbocycles. The Balaban J connectivity index is 1.83. The van der Waals surface area contributed by atoms with E-state index in [4.69, 9.17) is 10.7 Å². The van der Waals surface area contributed by atoms with E-state index in [9.17, 15) is 0 Å². The van der Waals surface area contributed by atoms with E-state index in [1.54, 1.807) is 0 Å². The predicted molar refractivity (Wildman–Crippen MR) is 77.2 cm³/mol. The molecule has 4 heteroatoms. The van der Waals surface area contributed by atoms with E-state index in [1.165, 1.54) is 47.9 Å². The summed E-state index contributed by atoms with van der Waals surface area (Å²) in [5.41, 5.74) is 7.08. The molecule has 1 aromatic heterocycles. The van der Waals surface area contributed by atoms with Crippen molar-refractivity contribution in [2.75, 3.05) is 11.4 Å².